The van der Waals surface area contributed by atoms with Crippen molar-refractivity contribution in [1.82, 2.24) is 20.2 Å². The van der Waals surface area contributed by atoms with E-state index < -0.39 is 0 Å². The van der Waals surface area contributed by atoms with Gasteiger partial charge in [0.25, 0.3) is 0 Å². The van der Waals surface area contributed by atoms with E-state index in [1.807, 2.05) is 13.0 Å². The molecule has 6 heteroatoms. The molecule has 1 aliphatic carbocycles. The third kappa shape index (κ3) is 2.98. The number of anilines is 2. The van der Waals surface area contributed by atoms with E-state index in [2.05, 4.69) is 36.4 Å². The molecule has 0 amide bonds. The van der Waals surface area contributed by atoms with Gasteiger partial charge in [0.15, 0.2) is 5.82 Å². The first kappa shape index (κ1) is 14.4. The second-order valence-electron chi connectivity index (χ2n) is 6.46. The van der Waals surface area contributed by atoms with Crippen LogP contribution in [0.1, 0.15) is 36.2 Å². The molecule has 4 rings (SSSR count). The van der Waals surface area contributed by atoms with Crippen molar-refractivity contribution in [2.75, 3.05) is 23.3 Å². The maximum atomic E-state index is 4.49. The lowest BCUT2D eigenvalue weighted by molar-refractivity contribution is 0.523. The van der Waals surface area contributed by atoms with Gasteiger partial charge in [0, 0.05) is 30.4 Å². The SMILES string of the molecule is Cc1ccc(N2CCC[C@H](Nc3ncnc4c3CCC4)C2)nn1. The Hall–Kier alpha value is -2.24. The molecule has 23 heavy (non-hydrogen) atoms. The predicted molar refractivity (Wildman–Crippen MR) is 89.7 cm³/mol. The van der Waals surface area contributed by atoms with Gasteiger partial charge in [0.1, 0.15) is 12.1 Å². The van der Waals surface area contributed by atoms with Crippen LogP contribution < -0.4 is 10.2 Å². The molecule has 3 heterocycles. The largest absolute Gasteiger partial charge is 0.365 e. The number of rotatable bonds is 3. The van der Waals surface area contributed by atoms with Crippen molar-refractivity contribution in [2.45, 2.75) is 45.1 Å². The minimum absolute atomic E-state index is 0.395. The van der Waals surface area contributed by atoms with Crippen LogP contribution in [0.15, 0.2) is 18.5 Å². The van der Waals surface area contributed by atoms with Crippen molar-refractivity contribution < 1.29 is 0 Å². The molecule has 0 spiro atoms. The highest BCUT2D eigenvalue weighted by Crippen LogP contribution is 2.27. The second-order valence-corrected chi connectivity index (χ2v) is 6.46. The molecule has 0 unspecified atom stereocenters. The molecule has 1 N–H and O–H groups in total. The Kier molecular flexibility index (Phi) is 3.81. The van der Waals surface area contributed by atoms with Gasteiger partial charge in [-0.15, -0.1) is 5.10 Å². The third-order valence-electron chi connectivity index (χ3n) is 4.74. The number of fused-ring (bicyclic) bond motifs is 1. The monoisotopic (exact) mass is 310 g/mol. The van der Waals surface area contributed by atoms with Crippen LogP contribution in [0.2, 0.25) is 0 Å². The summed E-state index contributed by atoms with van der Waals surface area (Å²) in [6.45, 7) is 3.95. The Morgan fingerprint density at radius 3 is 2.96 bits per heavy atom. The molecule has 0 aromatic carbocycles. The average Bonchev–Trinajstić information content (AvgIpc) is 3.06. The minimum Gasteiger partial charge on any atom is -0.365 e. The average molecular weight is 310 g/mol. The molecule has 1 saturated heterocycles. The topological polar surface area (TPSA) is 66.8 Å². The number of aromatic nitrogens is 4. The van der Waals surface area contributed by atoms with Gasteiger partial charge in [0.2, 0.25) is 0 Å². The maximum absolute atomic E-state index is 4.49. The second kappa shape index (κ2) is 6.10. The molecule has 0 radical (unpaired) electrons. The van der Waals surface area contributed by atoms with E-state index in [1.54, 1.807) is 6.33 Å². The first-order chi connectivity index (χ1) is 11.3. The van der Waals surface area contributed by atoms with Crippen molar-refractivity contribution in [3.63, 3.8) is 0 Å². The zero-order chi connectivity index (χ0) is 15.6. The summed E-state index contributed by atoms with van der Waals surface area (Å²) in [6.07, 6.45) is 7.38. The maximum Gasteiger partial charge on any atom is 0.151 e. The predicted octanol–water partition coefficient (Wildman–Crippen LogP) is 2.14. The molecule has 1 aliphatic heterocycles. The van der Waals surface area contributed by atoms with Gasteiger partial charge in [-0.2, -0.15) is 5.10 Å². The fourth-order valence-corrected chi connectivity index (χ4v) is 3.54. The van der Waals surface area contributed by atoms with Gasteiger partial charge in [-0.05, 0) is 51.2 Å². The molecule has 2 aromatic heterocycles. The van der Waals surface area contributed by atoms with Crippen molar-refractivity contribution in [2.24, 2.45) is 0 Å². The molecule has 1 atom stereocenters. The smallest absolute Gasteiger partial charge is 0.151 e. The zero-order valence-corrected chi connectivity index (χ0v) is 13.5. The van der Waals surface area contributed by atoms with Gasteiger partial charge >= 0.3 is 0 Å². The van der Waals surface area contributed by atoms with E-state index in [1.165, 1.54) is 17.7 Å². The highest BCUT2D eigenvalue weighted by atomic mass is 15.3. The molecule has 6 nitrogen and oxygen atoms in total. The number of hydrogen-bond donors (Lipinski definition) is 1. The Labute approximate surface area is 136 Å². The summed E-state index contributed by atoms with van der Waals surface area (Å²) in [5, 5.41) is 12.2. The van der Waals surface area contributed by atoms with Crippen LogP contribution in [-0.2, 0) is 12.8 Å². The minimum atomic E-state index is 0.395. The van der Waals surface area contributed by atoms with Gasteiger partial charge in [0.05, 0.1) is 5.69 Å². The highest BCUT2D eigenvalue weighted by Gasteiger charge is 2.24. The zero-order valence-electron chi connectivity index (χ0n) is 13.5. The van der Waals surface area contributed by atoms with Crippen LogP contribution in [-0.4, -0.2) is 39.3 Å². The third-order valence-corrected chi connectivity index (χ3v) is 4.74. The first-order valence-corrected chi connectivity index (χ1v) is 8.44. The number of aryl methyl sites for hydroxylation is 2. The van der Waals surface area contributed by atoms with E-state index in [0.29, 0.717) is 6.04 Å². The molecule has 120 valence electrons. The lowest BCUT2D eigenvalue weighted by Crippen LogP contribution is -2.43. The van der Waals surface area contributed by atoms with E-state index in [0.717, 1.165) is 56.1 Å². The lowest BCUT2D eigenvalue weighted by atomic mass is 10.1. The molecular weight excluding hydrogens is 288 g/mol. The molecule has 0 saturated carbocycles. The van der Waals surface area contributed by atoms with Gasteiger partial charge < -0.3 is 10.2 Å². The molecule has 2 aliphatic rings. The fourth-order valence-electron chi connectivity index (χ4n) is 3.54. The Balaban J connectivity index is 1.48. The summed E-state index contributed by atoms with van der Waals surface area (Å²) < 4.78 is 0. The van der Waals surface area contributed by atoms with Crippen molar-refractivity contribution in [3.8, 4) is 0 Å². The number of nitrogens with one attached hydrogen (secondary N) is 1. The van der Waals surface area contributed by atoms with E-state index in [9.17, 15) is 0 Å². The number of nitrogens with zero attached hydrogens (tertiary/aromatic N) is 5. The standard InChI is InChI=1S/C17H22N6/c1-12-7-8-16(22-21-12)23-9-3-4-13(10-23)20-17-14-5-2-6-15(14)18-11-19-17/h7-8,11,13H,2-6,9-10H2,1H3,(H,18,19,20)/t13-/m0/s1. The summed E-state index contributed by atoms with van der Waals surface area (Å²) in [4.78, 5) is 11.2. The van der Waals surface area contributed by atoms with E-state index >= 15 is 0 Å². The molecule has 0 bridgehead atoms. The van der Waals surface area contributed by atoms with E-state index in [4.69, 9.17) is 0 Å². The van der Waals surface area contributed by atoms with Crippen LogP contribution >= 0.6 is 0 Å². The molecule has 2 aromatic rings. The Morgan fingerprint density at radius 1 is 1.13 bits per heavy atom. The van der Waals surface area contributed by atoms with Crippen LogP contribution in [0, 0.1) is 6.92 Å². The first-order valence-electron chi connectivity index (χ1n) is 8.44. The number of hydrogen-bond acceptors (Lipinski definition) is 6. The van der Waals surface area contributed by atoms with Gasteiger partial charge in [-0.3, -0.25) is 0 Å². The summed E-state index contributed by atoms with van der Waals surface area (Å²) in [7, 11) is 0. The van der Waals surface area contributed by atoms with Crippen LogP contribution in [0.5, 0.6) is 0 Å². The van der Waals surface area contributed by atoms with Gasteiger partial charge in [-0.1, -0.05) is 0 Å². The van der Waals surface area contributed by atoms with Crippen molar-refractivity contribution >= 4 is 11.6 Å². The Morgan fingerprint density at radius 2 is 2.09 bits per heavy atom. The quantitative estimate of drug-likeness (QED) is 0.937. The van der Waals surface area contributed by atoms with Crippen LogP contribution in [0.3, 0.4) is 0 Å². The summed E-state index contributed by atoms with van der Waals surface area (Å²) >= 11 is 0. The Bertz CT molecular complexity index is 684. The number of piperidine rings is 1. The summed E-state index contributed by atoms with van der Waals surface area (Å²) in [5.41, 5.74) is 3.50. The van der Waals surface area contributed by atoms with Gasteiger partial charge in [-0.25, -0.2) is 9.97 Å². The van der Waals surface area contributed by atoms with Crippen LogP contribution in [0.25, 0.3) is 0 Å². The normalized spacial score (nSPS) is 20.4. The van der Waals surface area contributed by atoms with Crippen LogP contribution in [0.4, 0.5) is 11.6 Å². The summed E-state index contributed by atoms with van der Waals surface area (Å²) in [6, 6.07) is 4.48. The molecular formula is C17H22N6. The van der Waals surface area contributed by atoms with E-state index in [-0.39, 0.29) is 0 Å². The lowest BCUT2D eigenvalue weighted by Gasteiger charge is -2.34. The summed E-state index contributed by atoms with van der Waals surface area (Å²) in [5.74, 6) is 2.00. The van der Waals surface area contributed by atoms with Crippen molar-refractivity contribution in [3.05, 3.63) is 35.4 Å². The molecule has 1 fully saturated rings. The van der Waals surface area contributed by atoms with Crippen molar-refractivity contribution in [1.29, 1.82) is 0 Å². The highest BCUT2D eigenvalue weighted by molar-refractivity contribution is 5.49. The fraction of sp³-hybridized carbons (Fsp3) is 0.529.